The number of carbonyl (C=O) groups is 1. The van der Waals surface area contributed by atoms with E-state index in [1.165, 1.54) is 0 Å². The first kappa shape index (κ1) is 17.0. The summed E-state index contributed by atoms with van der Waals surface area (Å²) in [7, 11) is -1.19. The van der Waals surface area contributed by atoms with E-state index < -0.39 is 9.84 Å². The van der Waals surface area contributed by atoms with Crippen molar-refractivity contribution >= 4 is 21.6 Å². The van der Waals surface area contributed by atoms with Gasteiger partial charge in [-0.2, -0.15) is 5.10 Å². The first-order valence-electron chi connectivity index (χ1n) is 7.44. The SMILES string of the molecule is Cc1cc(NC(=O)CC2CS(=O)(=O)CCN2C)nn1C(C)C. The Morgan fingerprint density at radius 2 is 2.18 bits per heavy atom. The van der Waals surface area contributed by atoms with E-state index in [1.54, 1.807) is 0 Å². The Bertz CT molecular complexity index is 651. The number of hydrogen-bond acceptors (Lipinski definition) is 5. The lowest BCUT2D eigenvalue weighted by Gasteiger charge is -2.31. The zero-order chi connectivity index (χ0) is 16.5. The molecule has 1 amide bonds. The molecule has 2 rings (SSSR count). The highest BCUT2D eigenvalue weighted by atomic mass is 32.2. The Morgan fingerprint density at radius 3 is 2.77 bits per heavy atom. The van der Waals surface area contributed by atoms with E-state index in [0.29, 0.717) is 12.4 Å². The average molecular weight is 328 g/mol. The van der Waals surface area contributed by atoms with Crippen LogP contribution in [0.25, 0.3) is 0 Å². The van der Waals surface area contributed by atoms with Gasteiger partial charge in [-0.3, -0.25) is 9.48 Å². The van der Waals surface area contributed by atoms with Crippen LogP contribution in [-0.4, -0.2) is 60.1 Å². The molecule has 0 radical (unpaired) electrons. The number of nitrogens with zero attached hydrogens (tertiary/aromatic N) is 3. The molecule has 124 valence electrons. The van der Waals surface area contributed by atoms with E-state index in [0.717, 1.165) is 5.69 Å². The summed E-state index contributed by atoms with van der Waals surface area (Å²) in [6.45, 7) is 6.45. The zero-order valence-electron chi connectivity index (χ0n) is 13.5. The first-order chi connectivity index (χ1) is 10.2. The van der Waals surface area contributed by atoms with Gasteiger partial charge in [0.2, 0.25) is 5.91 Å². The monoisotopic (exact) mass is 328 g/mol. The molecule has 0 aliphatic carbocycles. The topological polar surface area (TPSA) is 84.3 Å². The molecule has 1 unspecified atom stereocenters. The standard InChI is InChI=1S/C14H24N4O3S/c1-10(2)18-11(3)7-13(16-18)15-14(19)8-12-9-22(20,21)6-5-17(12)4/h7,10,12H,5-6,8-9H2,1-4H3,(H,15,16,19). The largest absolute Gasteiger partial charge is 0.309 e. The summed E-state index contributed by atoms with van der Waals surface area (Å²) in [5, 5.41) is 7.10. The molecule has 1 aromatic rings. The maximum atomic E-state index is 12.1. The fourth-order valence-electron chi connectivity index (χ4n) is 2.66. The maximum Gasteiger partial charge on any atom is 0.227 e. The molecule has 1 aliphatic rings. The molecule has 0 spiro atoms. The minimum absolute atomic E-state index is 0.0381. The summed E-state index contributed by atoms with van der Waals surface area (Å²) in [6.07, 6.45) is 0.156. The molecule has 0 saturated carbocycles. The average Bonchev–Trinajstić information content (AvgIpc) is 2.74. The fraction of sp³-hybridized carbons (Fsp3) is 0.714. The van der Waals surface area contributed by atoms with Crippen LogP contribution in [0.15, 0.2) is 6.07 Å². The lowest BCUT2D eigenvalue weighted by molar-refractivity contribution is -0.117. The summed E-state index contributed by atoms with van der Waals surface area (Å²) in [5.41, 5.74) is 0.975. The van der Waals surface area contributed by atoms with Crippen LogP contribution in [0.3, 0.4) is 0 Å². The Balaban J connectivity index is 1.99. The summed E-state index contributed by atoms with van der Waals surface area (Å²) >= 11 is 0. The van der Waals surface area contributed by atoms with E-state index in [2.05, 4.69) is 10.4 Å². The molecule has 1 atom stereocenters. The Morgan fingerprint density at radius 1 is 1.50 bits per heavy atom. The van der Waals surface area contributed by atoms with Crippen LogP contribution in [0.2, 0.25) is 0 Å². The highest BCUT2D eigenvalue weighted by Crippen LogP contribution is 2.16. The van der Waals surface area contributed by atoms with E-state index in [-0.39, 0.29) is 35.9 Å². The van der Waals surface area contributed by atoms with Gasteiger partial charge in [-0.15, -0.1) is 0 Å². The third-order valence-electron chi connectivity index (χ3n) is 3.92. The summed E-state index contributed by atoms with van der Waals surface area (Å²) in [5.74, 6) is 0.510. The number of hydrogen-bond donors (Lipinski definition) is 1. The van der Waals surface area contributed by atoms with Gasteiger partial charge in [0.15, 0.2) is 15.7 Å². The van der Waals surface area contributed by atoms with Crippen molar-refractivity contribution in [1.82, 2.24) is 14.7 Å². The Kier molecular flexibility index (Phi) is 4.91. The molecule has 22 heavy (non-hydrogen) atoms. The van der Waals surface area contributed by atoms with Crippen LogP contribution in [0, 0.1) is 6.92 Å². The number of aryl methyl sites for hydroxylation is 1. The summed E-state index contributed by atoms with van der Waals surface area (Å²) in [4.78, 5) is 14.1. The van der Waals surface area contributed by atoms with Gasteiger partial charge in [0.1, 0.15) is 0 Å². The van der Waals surface area contributed by atoms with Gasteiger partial charge in [0.05, 0.1) is 11.5 Å². The number of aromatic nitrogens is 2. The smallest absolute Gasteiger partial charge is 0.227 e. The van der Waals surface area contributed by atoms with Crippen LogP contribution in [0.5, 0.6) is 0 Å². The predicted octanol–water partition coefficient (Wildman–Crippen LogP) is 0.830. The lowest BCUT2D eigenvalue weighted by atomic mass is 10.2. The van der Waals surface area contributed by atoms with Crippen LogP contribution < -0.4 is 5.32 Å². The molecule has 1 fully saturated rings. The molecule has 1 saturated heterocycles. The normalized spacial score (nSPS) is 22.0. The number of anilines is 1. The highest BCUT2D eigenvalue weighted by molar-refractivity contribution is 7.91. The number of sulfone groups is 1. The zero-order valence-corrected chi connectivity index (χ0v) is 14.4. The summed E-state index contributed by atoms with van der Waals surface area (Å²) in [6, 6.07) is 1.77. The Labute approximate surface area is 131 Å². The molecule has 2 heterocycles. The van der Waals surface area contributed by atoms with Gasteiger partial charge in [0.25, 0.3) is 0 Å². The highest BCUT2D eigenvalue weighted by Gasteiger charge is 2.30. The van der Waals surface area contributed by atoms with Crippen molar-refractivity contribution in [3.05, 3.63) is 11.8 Å². The van der Waals surface area contributed by atoms with E-state index in [4.69, 9.17) is 0 Å². The molecule has 1 aromatic heterocycles. The second-order valence-electron chi connectivity index (χ2n) is 6.21. The van der Waals surface area contributed by atoms with Crippen molar-refractivity contribution in [2.75, 3.05) is 30.4 Å². The van der Waals surface area contributed by atoms with Gasteiger partial charge >= 0.3 is 0 Å². The molecule has 0 bridgehead atoms. The van der Waals surface area contributed by atoms with Crippen LogP contribution in [-0.2, 0) is 14.6 Å². The second-order valence-corrected chi connectivity index (χ2v) is 8.44. The fourth-order valence-corrected chi connectivity index (χ4v) is 4.36. The molecule has 7 nitrogen and oxygen atoms in total. The Hall–Kier alpha value is -1.41. The number of carbonyl (C=O) groups excluding carboxylic acids is 1. The van der Waals surface area contributed by atoms with Crippen molar-refractivity contribution in [2.24, 2.45) is 0 Å². The van der Waals surface area contributed by atoms with Crippen LogP contribution in [0.4, 0.5) is 5.82 Å². The van der Waals surface area contributed by atoms with Gasteiger partial charge in [-0.25, -0.2) is 8.42 Å². The molecular weight excluding hydrogens is 304 g/mol. The quantitative estimate of drug-likeness (QED) is 0.885. The third-order valence-corrected chi connectivity index (χ3v) is 5.62. The van der Waals surface area contributed by atoms with Gasteiger partial charge in [0, 0.05) is 36.8 Å². The minimum Gasteiger partial charge on any atom is -0.309 e. The van der Waals surface area contributed by atoms with Crippen molar-refractivity contribution in [3.63, 3.8) is 0 Å². The number of nitrogens with one attached hydrogen (secondary N) is 1. The van der Waals surface area contributed by atoms with Crippen molar-refractivity contribution in [2.45, 2.75) is 39.3 Å². The van der Waals surface area contributed by atoms with Crippen LogP contribution >= 0.6 is 0 Å². The first-order valence-corrected chi connectivity index (χ1v) is 9.27. The van der Waals surface area contributed by atoms with E-state index >= 15 is 0 Å². The minimum atomic E-state index is -3.04. The van der Waals surface area contributed by atoms with E-state index in [9.17, 15) is 13.2 Å². The summed E-state index contributed by atoms with van der Waals surface area (Å²) < 4.78 is 25.2. The maximum absolute atomic E-state index is 12.1. The number of rotatable bonds is 4. The predicted molar refractivity (Wildman–Crippen MR) is 85.7 cm³/mol. The lowest BCUT2D eigenvalue weighted by Crippen LogP contribution is -2.47. The van der Waals surface area contributed by atoms with Crippen LogP contribution in [0.1, 0.15) is 32.0 Å². The van der Waals surface area contributed by atoms with Crippen molar-refractivity contribution < 1.29 is 13.2 Å². The molecule has 1 N–H and O–H groups in total. The van der Waals surface area contributed by atoms with Crippen molar-refractivity contribution in [1.29, 1.82) is 0 Å². The molecule has 8 heteroatoms. The molecule has 0 aromatic carbocycles. The van der Waals surface area contributed by atoms with Gasteiger partial charge in [-0.05, 0) is 27.8 Å². The van der Waals surface area contributed by atoms with E-state index in [1.807, 2.05) is 43.5 Å². The van der Waals surface area contributed by atoms with Crippen molar-refractivity contribution in [3.8, 4) is 0 Å². The third kappa shape index (κ3) is 4.07. The molecular formula is C14H24N4O3S. The number of amides is 1. The second kappa shape index (κ2) is 6.37. The van der Waals surface area contributed by atoms with Gasteiger partial charge < -0.3 is 10.2 Å². The van der Waals surface area contributed by atoms with Gasteiger partial charge in [-0.1, -0.05) is 0 Å². The molecule has 1 aliphatic heterocycles.